The largest absolute Gasteiger partial charge is 0.496 e. The van der Waals surface area contributed by atoms with Crippen LogP contribution in [0.1, 0.15) is 18.7 Å². The minimum Gasteiger partial charge on any atom is -0.496 e. The summed E-state index contributed by atoms with van der Waals surface area (Å²) in [6, 6.07) is 5.20. The van der Waals surface area contributed by atoms with E-state index in [0.29, 0.717) is 11.3 Å². The fourth-order valence-electron chi connectivity index (χ4n) is 1.26. The minimum atomic E-state index is -1.61. The quantitative estimate of drug-likeness (QED) is 0.572. The number of benzene rings is 1. The number of alkyl halides is 1. The van der Waals surface area contributed by atoms with Gasteiger partial charge in [0.05, 0.1) is 7.11 Å². The third-order valence-corrected chi connectivity index (χ3v) is 2.80. The summed E-state index contributed by atoms with van der Waals surface area (Å²) < 4.78 is 18.3. The fraction of sp³-hybridized carbons (Fsp3) is 0.364. The Morgan fingerprint density at radius 1 is 1.60 bits per heavy atom. The lowest BCUT2D eigenvalue weighted by Crippen LogP contribution is -1.97. The average molecular weight is 228 g/mol. The van der Waals surface area contributed by atoms with Crippen LogP contribution in [0.15, 0.2) is 23.1 Å². The fourth-order valence-corrected chi connectivity index (χ4v) is 1.97. The van der Waals surface area contributed by atoms with Crippen molar-refractivity contribution in [1.82, 2.24) is 0 Å². The molecule has 1 aromatic carbocycles. The Bertz CT molecular complexity index is 341. The highest BCUT2D eigenvalue weighted by molar-refractivity contribution is 7.99. The van der Waals surface area contributed by atoms with Gasteiger partial charge in [0, 0.05) is 10.5 Å². The highest BCUT2D eigenvalue weighted by Gasteiger charge is 2.14. The SMILES string of the molecule is CCSc1ccc(OC)c(C(F)C=O)c1. The van der Waals surface area contributed by atoms with E-state index in [4.69, 9.17) is 4.74 Å². The van der Waals surface area contributed by atoms with Crippen LogP contribution in [-0.4, -0.2) is 19.1 Å². The first-order chi connectivity index (χ1) is 7.22. The number of aldehydes is 1. The predicted molar refractivity (Wildman–Crippen MR) is 59.3 cm³/mol. The second kappa shape index (κ2) is 5.75. The van der Waals surface area contributed by atoms with Gasteiger partial charge in [0.25, 0.3) is 0 Å². The van der Waals surface area contributed by atoms with Gasteiger partial charge < -0.3 is 4.74 Å². The first-order valence-corrected chi connectivity index (χ1v) is 5.61. The zero-order chi connectivity index (χ0) is 11.3. The maximum absolute atomic E-state index is 13.3. The molecule has 4 heteroatoms. The number of ether oxygens (including phenoxy) is 1. The van der Waals surface area contributed by atoms with Crippen LogP contribution in [0.3, 0.4) is 0 Å². The van der Waals surface area contributed by atoms with E-state index in [1.54, 1.807) is 23.9 Å². The summed E-state index contributed by atoms with van der Waals surface area (Å²) in [6.45, 7) is 2.02. The first kappa shape index (κ1) is 12.0. The molecule has 82 valence electrons. The topological polar surface area (TPSA) is 26.3 Å². The molecule has 0 heterocycles. The Labute approximate surface area is 92.8 Å². The van der Waals surface area contributed by atoms with Gasteiger partial charge in [0.15, 0.2) is 12.5 Å². The van der Waals surface area contributed by atoms with Gasteiger partial charge in [-0.1, -0.05) is 6.92 Å². The van der Waals surface area contributed by atoms with E-state index in [1.807, 2.05) is 13.0 Å². The van der Waals surface area contributed by atoms with E-state index in [0.717, 1.165) is 10.6 Å². The van der Waals surface area contributed by atoms with Crippen LogP contribution in [0.2, 0.25) is 0 Å². The number of rotatable bonds is 5. The van der Waals surface area contributed by atoms with E-state index < -0.39 is 6.17 Å². The normalized spacial score (nSPS) is 12.2. The molecule has 0 aliphatic carbocycles. The summed E-state index contributed by atoms with van der Waals surface area (Å²) in [4.78, 5) is 11.3. The molecule has 0 amide bonds. The van der Waals surface area contributed by atoms with Gasteiger partial charge >= 0.3 is 0 Å². The van der Waals surface area contributed by atoms with Gasteiger partial charge in [-0.3, -0.25) is 4.79 Å². The predicted octanol–water partition coefficient (Wildman–Crippen LogP) is 3.02. The molecule has 1 atom stereocenters. The molecule has 0 saturated carbocycles. The molecule has 15 heavy (non-hydrogen) atoms. The first-order valence-electron chi connectivity index (χ1n) is 4.63. The maximum atomic E-state index is 13.3. The van der Waals surface area contributed by atoms with Crippen LogP contribution in [-0.2, 0) is 4.79 Å². The van der Waals surface area contributed by atoms with Crippen LogP contribution in [0.5, 0.6) is 5.75 Å². The maximum Gasteiger partial charge on any atom is 0.184 e. The van der Waals surface area contributed by atoms with Crippen LogP contribution in [0, 0.1) is 0 Å². The van der Waals surface area contributed by atoms with Crippen molar-refractivity contribution in [3.05, 3.63) is 23.8 Å². The Morgan fingerprint density at radius 2 is 2.33 bits per heavy atom. The van der Waals surface area contributed by atoms with Gasteiger partial charge in [-0.05, 0) is 24.0 Å². The molecule has 0 bridgehead atoms. The molecule has 1 rings (SSSR count). The molecule has 0 N–H and O–H groups in total. The van der Waals surface area contributed by atoms with Crippen LogP contribution in [0.25, 0.3) is 0 Å². The van der Waals surface area contributed by atoms with Crippen LogP contribution >= 0.6 is 11.8 Å². The summed E-state index contributed by atoms with van der Waals surface area (Å²) in [5.41, 5.74) is 0.297. The zero-order valence-electron chi connectivity index (χ0n) is 8.70. The molecule has 1 aromatic rings. The smallest absolute Gasteiger partial charge is 0.184 e. The van der Waals surface area contributed by atoms with Crippen molar-refractivity contribution < 1.29 is 13.9 Å². The van der Waals surface area contributed by atoms with Crippen molar-refractivity contribution in [2.45, 2.75) is 18.0 Å². The molecule has 0 radical (unpaired) electrons. The second-order valence-electron chi connectivity index (χ2n) is 2.87. The summed E-state index contributed by atoms with van der Waals surface area (Å²) in [6.07, 6.45) is -1.34. The Morgan fingerprint density at radius 3 is 2.87 bits per heavy atom. The minimum absolute atomic E-state index is 0.276. The molecule has 1 unspecified atom stereocenters. The molecule has 0 saturated heterocycles. The van der Waals surface area contributed by atoms with Crippen LogP contribution < -0.4 is 4.74 Å². The molecule has 0 aliphatic rings. The molecule has 0 aromatic heterocycles. The van der Waals surface area contributed by atoms with E-state index in [-0.39, 0.29) is 6.29 Å². The standard InChI is InChI=1S/C11H13FO2S/c1-3-15-8-4-5-11(14-2)9(6-8)10(12)7-13/h4-7,10H,3H2,1-2H3. The van der Waals surface area contributed by atoms with Gasteiger partial charge in [0.1, 0.15) is 5.75 Å². The third kappa shape index (κ3) is 2.96. The van der Waals surface area contributed by atoms with E-state index >= 15 is 0 Å². The van der Waals surface area contributed by atoms with E-state index in [1.165, 1.54) is 7.11 Å². The molecule has 0 spiro atoms. The summed E-state index contributed by atoms with van der Waals surface area (Å²) in [7, 11) is 1.46. The molecule has 0 fully saturated rings. The number of hydrogen-bond donors (Lipinski definition) is 0. The van der Waals surface area contributed by atoms with Crippen molar-refractivity contribution in [2.75, 3.05) is 12.9 Å². The van der Waals surface area contributed by atoms with Crippen molar-refractivity contribution >= 4 is 18.0 Å². The van der Waals surface area contributed by atoms with Gasteiger partial charge in [-0.15, -0.1) is 11.8 Å². The number of thioether (sulfide) groups is 1. The average Bonchev–Trinajstić information content (AvgIpc) is 2.28. The summed E-state index contributed by atoms with van der Waals surface area (Å²) in [5.74, 6) is 1.32. The number of hydrogen-bond acceptors (Lipinski definition) is 3. The Balaban J connectivity index is 3.06. The highest BCUT2D eigenvalue weighted by atomic mass is 32.2. The number of halogens is 1. The van der Waals surface area contributed by atoms with E-state index in [9.17, 15) is 9.18 Å². The summed E-state index contributed by atoms with van der Waals surface area (Å²) >= 11 is 1.60. The Kier molecular flexibility index (Phi) is 4.62. The lowest BCUT2D eigenvalue weighted by atomic mass is 10.1. The molecular formula is C11H13FO2S. The van der Waals surface area contributed by atoms with Crippen molar-refractivity contribution in [3.63, 3.8) is 0 Å². The highest BCUT2D eigenvalue weighted by Crippen LogP contribution is 2.31. The van der Waals surface area contributed by atoms with Gasteiger partial charge in [-0.25, -0.2) is 4.39 Å². The monoisotopic (exact) mass is 228 g/mol. The van der Waals surface area contributed by atoms with Crippen molar-refractivity contribution in [1.29, 1.82) is 0 Å². The number of carbonyl (C=O) groups excluding carboxylic acids is 1. The third-order valence-electron chi connectivity index (χ3n) is 1.93. The molecular weight excluding hydrogens is 215 g/mol. The molecule has 2 nitrogen and oxygen atoms in total. The lowest BCUT2D eigenvalue weighted by Gasteiger charge is -2.10. The van der Waals surface area contributed by atoms with Crippen LogP contribution in [0.4, 0.5) is 4.39 Å². The van der Waals surface area contributed by atoms with Crippen molar-refractivity contribution in [2.24, 2.45) is 0 Å². The Hall–Kier alpha value is -1.03. The van der Waals surface area contributed by atoms with Gasteiger partial charge in [-0.2, -0.15) is 0 Å². The number of carbonyl (C=O) groups is 1. The summed E-state index contributed by atoms with van der Waals surface area (Å²) in [5, 5.41) is 0. The lowest BCUT2D eigenvalue weighted by molar-refractivity contribution is -0.112. The van der Waals surface area contributed by atoms with E-state index in [2.05, 4.69) is 0 Å². The second-order valence-corrected chi connectivity index (χ2v) is 4.21. The van der Waals surface area contributed by atoms with Gasteiger partial charge in [0.2, 0.25) is 0 Å². The zero-order valence-corrected chi connectivity index (χ0v) is 9.51. The van der Waals surface area contributed by atoms with Crippen molar-refractivity contribution in [3.8, 4) is 5.75 Å². The molecule has 0 aliphatic heterocycles. The number of methoxy groups -OCH3 is 1.